The molecule has 0 spiro atoms. The first kappa shape index (κ1) is 19.7. The first-order chi connectivity index (χ1) is 15.1. The molecule has 31 heavy (non-hydrogen) atoms. The van der Waals surface area contributed by atoms with Crippen molar-refractivity contribution >= 4 is 22.5 Å². The maximum Gasteiger partial charge on any atom is 0.244 e. The van der Waals surface area contributed by atoms with Crippen molar-refractivity contribution in [1.82, 2.24) is 24.6 Å². The lowest BCUT2D eigenvalue weighted by atomic mass is 9.80. The van der Waals surface area contributed by atoms with Gasteiger partial charge in [-0.1, -0.05) is 19.9 Å². The number of ether oxygens (including phenoxy) is 1. The Morgan fingerprint density at radius 3 is 2.55 bits per heavy atom. The Hall–Kier alpha value is -3.22. The predicted molar refractivity (Wildman–Crippen MR) is 122 cm³/mol. The van der Waals surface area contributed by atoms with Crippen molar-refractivity contribution in [3.8, 4) is 17.0 Å². The van der Waals surface area contributed by atoms with Crippen molar-refractivity contribution < 1.29 is 4.74 Å². The van der Waals surface area contributed by atoms with Crippen LogP contribution in [0.2, 0.25) is 0 Å². The van der Waals surface area contributed by atoms with E-state index in [2.05, 4.69) is 29.1 Å². The van der Waals surface area contributed by atoms with Crippen molar-refractivity contribution in [3.63, 3.8) is 0 Å². The second-order valence-corrected chi connectivity index (χ2v) is 8.73. The van der Waals surface area contributed by atoms with E-state index in [0.29, 0.717) is 17.9 Å². The fraction of sp³-hybridized carbons (Fsp3) is 0.417. The SMILES string of the molecule is COc1nc(NC2CCC(C(C)C)CC2)nn2ccc(-c3ccc4nccnc4c3)c12. The molecule has 0 radical (unpaired) electrons. The lowest BCUT2D eigenvalue weighted by Crippen LogP contribution is -2.29. The molecule has 1 fully saturated rings. The average molecular weight is 417 g/mol. The van der Waals surface area contributed by atoms with Crippen LogP contribution in [-0.4, -0.2) is 37.7 Å². The molecule has 3 heterocycles. The number of methoxy groups -OCH3 is 1. The van der Waals surface area contributed by atoms with Gasteiger partial charge in [-0.25, -0.2) is 4.52 Å². The minimum absolute atomic E-state index is 0.409. The van der Waals surface area contributed by atoms with Crippen LogP contribution < -0.4 is 10.1 Å². The summed E-state index contributed by atoms with van der Waals surface area (Å²) >= 11 is 0. The van der Waals surface area contributed by atoms with E-state index in [-0.39, 0.29) is 0 Å². The number of nitrogens with zero attached hydrogens (tertiary/aromatic N) is 5. The van der Waals surface area contributed by atoms with Crippen molar-refractivity contribution in [2.45, 2.75) is 45.6 Å². The van der Waals surface area contributed by atoms with Gasteiger partial charge in [0.1, 0.15) is 5.52 Å². The zero-order chi connectivity index (χ0) is 21.4. The van der Waals surface area contributed by atoms with Crippen LogP contribution >= 0.6 is 0 Å². The standard InChI is InChI=1S/C24H28N6O/c1-15(2)16-4-7-18(8-5-16)27-24-28-23(31-3)22-19(10-13-30(22)29-24)17-6-9-20-21(14-17)26-12-11-25-20/h6,9-16,18H,4-5,7-8H2,1-3H3,(H,27,29). The number of fused-ring (bicyclic) bond motifs is 2. The van der Waals surface area contributed by atoms with Gasteiger partial charge in [0.25, 0.3) is 0 Å². The molecule has 3 aromatic heterocycles. The summed E-state index contributed by atoms with van der Waals surface area (Å²) in [6.45, 7) is 4.65. The molecule has 1 aliphatic rings. The summed E-state index contributed by atoms with van der Waals surface area (Å²) in [5, 5.41) is 8.27. The minimum Gasteiger partial charge on any atom is -0.479 e. The summed E-state index contributed by atoms with van der Waals surface area (Å²) in [4.78, 5) is 13.5. The van der Waals surface area contributed by atoms with E-state index >= 15 is 0 Å². The molecule has 7 heteroatoms. The molecule has 0 unspecified atom stereocenters. The molecule has 5 rings (SSSR count). The van der Waals surface area contributed by atoms with Crippen LogP contribution in [0.25, 0.3) is 27.7 Å². The van der Waals surface area contributed by atoms with Gasteiger partial charge in [-0.05, 0) is 61.3 Å². The highest BCUT2D eigenvalue weighted by molar-refractivity contribution is 5.89. The average Bonchev–Trinajstić information content (AvgIpc) is 3.22. The van der Waals surface area contributed by atoms with Crippen LogP contribution in [0.1, 0.15) is 39.5 Å². The third-order valence-electron chi connectivity index (χ3n) is 6.50. The first-order valence-corrected chi connectivity index (χ1v) is 11.0. The van der Waals surface area contributed by atoms with Crippen molar-refractivity contribution in [1.29, 1.82) is 0 Å². The second-order valence-electron chi connectivity index (χ2n) is 8.73. The normalized spacial score (nSPS) is 19.2. The molecular weight excluding hydrogens is 388 g/mol. The highest BCUT2D eigenvalue weighted by atomic mass is 16.5. The van der Waals surface area contributed by atoms with Crippen LogP contribution in [-0.2, 0) is 0 Å². The maximum atomic E-state index is 5.67. The summed E-state index contributed by atoms with van der Waals surface area (Å²) in [6, 6.07) is 8.52. The topological polar surface area (TPSA) is 77.2 Å². The fourth-order valence-electron chi connectivity index (χ4n) is 4.67. The Balaban J connectivity index is 1.45. The van der Waals surface area contributed by atoms with Gasteiger partial charge >= 0.3 is 0 Å². The number of hydrogen-bond donors (Lipinski definition) is 1. The Morgan fingerprint density at radius 2 is 1.81 bits per heavy atom. The molecular formula is C24H28N6O. The van der Waals surface area contributed by atoms with E-state index in [9.17, 15) is 0 Å². The number of aromatic nitrogens is 5. The lowest BCUT2D eigenvalue weighted by molar-refractivity contribution is 0.266. The molecule has 0 saturated heterocycles. The molecule has 0 bridgehead atoms. The molecule has 0 atom stereocenters. The zero-order valence-electron chi connectivity index (χ0n) is 18.2. The lowest BCUT2D eigenvalue weighted by Gasteiger charge is -2.31. The molecule has 4 aromatic rings. The monoisotopic (exact) mass is 416 g/mol. The number of hydrogen-bond acceptors (Lipinski definition) is 6. The van der Waals surface area contributed by atoms with Crippen molar-refractivity contribution in [3.05, 3.63) is 42.9 Å². The summed E-state index contributed by atoms with van der Waals surface area (Å²) in [7, 11) is 1.66. The molecule has 7 nitrogen and oxygen atoms in total. The van der Waals surface area contributed by atoms with Crippen molar-refractivity contribution in [2.24, 2.45) is 11.8 Å². The van der Waals surface area contributed by atoms with E-state index in [1.807, 2.05) is 35.0 Å². The molecule has 1 N–H and O–H groups in total. The predicted octanol–water partition coefficient (Wildman–Crippen LogP) is 4.97. The third kappa shape index (κ3) is 3.80. The molecule has 0 aliphatic heterocycles. The number of benzene rings is 1. The molecule has 160 valence electrons. The van der Waals surface area contributed by atoms with E-state index in [1.54, 1.807) is 19.5 Å². The zero-order valence-corrected chi connectivity index (χ0v) is 18.2. The van der Waals surface area contributed by atoms with E-state index in [1.165, 1.54) is 12.8 Å². The van der Waals surface area contributed by atoms with Gasteiger partial charge in [0.05, 0.1) is 18.1 Å². The van der Waals surface area contributed by atoms with E-state index < -0.39 is 0 Å². The minimum atomic E-state index is 0.409. The third-order valence-corrected chi connectivity index (χ3v) is 6.50. The summed E-state index contributed by atoms with van der Waals surface area (Å²) in [5.41, 5.74) is 4.62. The van der Waals surface area contributed by atoms with E-state index in [4.69, 9.17) is 14.8 Å². The Morgan fingerprint density at radius 1 is 1.03 bits per heavy atom. The number of nitrogens with one attached hydrogen (secondary N) is 1. The van der Waals surface area contributed by atoms with E-state index in [0.717, 1.165) is 52.4 Å². The molecule has 0 amide bonds. The maximum absolute atomic E-state index is 5.67. The van der Waals surface area contributed by atoms with Gasteiger partial charge in [0, 0.05) is 30.2 Å². The molecule has 1 aromatic carbocycles. The first-order valence-electron chi connectivity index (χ1n) is 11.0. The largest absolute Gasteiger partial charge is 0.479 e. The van der Waals surface area contributed by atoms with Crippen LogP contribution in [0, 0.1) is 11.8 Å². The van der Waals surface area contributed by atoms with Crippen LogP contribution in [0.5, 0.6) is 5.88 Å². The Kier molecular flexibility index (Phi) is 5.18. The second kappa shape index (κ2) is 8.13. The molecule has 1 aliphatic carbocycles. The Labute approximate surface area is 181 Å². The van der Waals surface area contributed by atoms with Gasteiger partial charge in [0.15, 0.2) is 0 Å². The van der Waals surface area contributed by atoms with Crippen molar-refractivity contribution in [2.75, 3.05) is 12.4 Å². The van der Waals surface area contributed by atoms with Gasteiger partial charge in [-0.2, -0.15) is 4.98 Å². The highest BCUT2D eigenvalue weighted by Crippen LogP contribution is 2.34. The van der Waals surface area contributed by atoms with Gasteiger partial charge in [0.2, 0.25) is 11.8 Å². The quantitative estimate of drug-likeness (QED) is 0.495. The molecule has 1 saturated carbocycles. The van der Waals surface area contributed by atoms with Gasteiger partial charge in [-0.3, -0.25) is 9.97 Å². The Bertz CT molecular complexity index is 1210. The summed E-state index contributed by atoms with van der Waals surface area (Å²) < 4.78 is 7.53. The van der Waals surface area contributed by atoms with Crippen LogP contribution in [0.15, 0.2) is 42.9 Å². The highest BCUT2D eigenvalue weighted by Gasteiger charge is 2.24. The van der Waals surface area contributed by atoms with Crippen LogP contribution in [0.3, 0.4) is 0 Å². The fourth-order valence-corrected chi connectivity index (χ4v) is 4.67. The van der Waals surface area contributed by atoms with Gasteiger partial charge in [-0.15, -0.1) is 5.10 Å². The summed E-state index contributed by atoms with van der Waals surface area (Å²) in [6.07, 6.45) is 10.2. The smallest absolute Gasteiger partial charge is 0.244 e. The number of rotatable bonds is 5. The number of anilines is 1. The van der Waals surface area contributed by atoms with Gasteiger partial charge < -0.3 is 10.1 Å². The van der Waals surface area contributed by atoms with Crippen LogP contribution in [0.4, 0.5) is 5.95 Å². The summed E-state index contributed by atoms with van der Waals surface area (Å²) in [5.74, 6) is 2.76.